The van der Waals surface area contributed by atoms with E-state index in [0.717, 1.165) is 22.8 Å². The largest absolute Gasteiger partial charge is 0.397 e. The van der Waals surface area contributed by atoms with Crippen molar-refractivity contribution in [1.29, 1.82) is 0 Å². The quantitative estimate of drug-likeness (QED) is 0.456. The molecular formula is C13H13BrINO. The number of carbonyl (C=O) groups is 1. The monoisotopic (exact) mass is 405 g/mol. The van der Waals surface area contributed by atoms with Crippen molar-refractivity contribution >= 4 is 50.0 Å². The Bertz CT molecular complexity index is 484. The van der Waals surface area contributed by atoms with Gasteiger partial charge < -0.3 is 5.73 Å². The Morgan fingerprint density at radius 1 is 1.47 bits per heavy atom. The van der Waals surface area contributed by atoms with Gasteiger partial charge in [-0.15, -0.1) is 0 Å². The second-order valence-corrected chi connectivity index (χ2v) is 6.37. The van der Waals surface area contributed by atoms with E-state index in [4.69, 9.17) is 5.73 Å². The van der Waals surface area contributed by atoms with Crippen LogP contribution in [0.4, 0.5) is 5.69 Å². The molecule has 90 valence electrons. The molecule has 0 saturated carbocycles. The van der Waals surface area contributed by atoms with Gasteiger partial charge in [-0.25, -0.2) is 0 Å². The number of rotatable bonds is 2. The summed E-state index contributed by atoms with van der Waals surface area (Å²) in [6.45, 7) is 0. The van der Waals surface area contributed by atoms with Crippen molar-refractivity contribution in [2.45, 2.75) is 19.3 Å². The van der Waals surface area contributed by atoms with Crippen LogP contribution >= 0.6 is 38.5 Å². The number of anilines is 1. The minimum atomic E-state index is 0.0804. The predicted molar refractivity (Wildman–Crippen MR) is 82.3 cm³/mol. The molecule has 0 aliphatic heterocycles. The van der Waals surface area contributed by atoms with E-state index in [1.807, 2.05) is 18.2 Å². The first-order valence-corrected chi connectivity index (χ1v) is 7.39. The fourth-order valence-electron chi connectivity index (χ4n) is 2.01. The van der Waals surface area contributed by atoms with Crippen LogP contribution in [-0.4, -0.2) is 5.78 Å². The molecule has 1 atom stereocenters. The molecule has 17 heavy (non-hydrogen) atoms. The van der Waals surface area contributed by atoms with Crippen LogP contribution < -0.4 is 5.73 Å². The van der Waals surface area contributed by atoms with Gasteiger partial charge >= 0.3 is 0 Å². The van der Waals surface area contributed by atoms with E-state index in [0.29, 0.717) is 11.3 Å². The predicted octanol–water partition coefficient (Wildman–Crippen LogP) is 4.14. The molecule has 2 nitrogen and oxygen atoms in total. The van der Waals surface area contributed by atoms with Gasteiger partial charge in [0.25, 0.3) is 0 Å². The highest BCUT2D eigenvalue weighted by Crippen LogP contribution is 2.31. The van der Waals surface area contributed by atoms with E-state index in [9.17, 15) is 4.79 Å². The second-order valence-electron chi connectivity index (χ2n) is 4.19. The van der Waals surface area contributed by atoms with Crippen LogP contribution in [0.1, 0.15) is 29.6 Å². The number of Topliss-reactive ketones (excluding diaryl/α,β-unsaturated/α-hetero) is 1. The van der Waals surface area contributed by atoms with Gasteiger partial charge in [0.1, 0.15) is 0 Å². The molecule has 0 bridgehead atoms. The Kier molecular flexibility index (Phi) is 4.25. The zero-order valence-electron chi connectivity index (χ0n) is 9.25. The maximum Gasteiger partial charge on any atom is 0.168 e. The third kappa shape index (κ3) is 2.91. The summed E-state index contributed by atoms with van der Waals surface area (Å²) in [5.74, 6) is 0.258. The molecule has 0 spiro atoms. The molecule has 0 fully saturated rings. The molecule has 4 heteroatoms. The number of carbonyl (C=O) groups excluding carboxylic acids is 1. The molecule has 1 aromatic rings. The van der Waals surface area contributed by atoms with E-state index in [1.165, 1.54) is 4.48 Å². The number of benzene rings is 1. The summed E-state index contributed by atoms with van der Waals surface area (Å²) in [4.78, 5) is 12.4. The maximum absolute atomic E-state index is 12.4. The Morgan fingerprint density at radius 2 is 2.24 bits per heavy atom. The molecule has 0 heterocycles. The summed E-state index contributed by atoms with van der Waals surface area (Å²) in [6.07, 6.45) is 4.75. The van der Waals surface area contributed by atoms with Crippen LogP contribution in [0.2, 0.25) is 0 Å². The molecule has 0 aromatic heterocycles. The number of ketones is 1. The Labute approximate surface area is 123 Å². The molecule has 2 rings (SSSR count). The van der Waals surface area contributed by atoms with Crippen LogP contribution in [0, 0.1) is 9.49 Å². The van der Waals surface area contributed by atoms with E-state index < -0.39 is 0 Å². The van der Waals surface area contributed by atoms with Crippen molar-refractivity contribution in [2.24, 2.45) is 5.92 Å². The summed E-state index contributed by atoms with van der Waals surface area (Å²) in [5, 5.41) is 0. The first-order valence-electron chi connectivity index (χ1n) is 5.52. The number of allylic oxidation sites excluding steroid dienone is 2. The molecule has 1 unspecified atom stereocenters. The minimum absolute atomic E-state index is 0.0804. The summed E-state index contributed by atoms with van der Waals surface area (Å²) in [6, 6.07) is 5.64. The summed E-state index contributed by atoms with van der Waals surface area (Å²) >= 11 is 5.63. The van der Waals surface area contributed by atoms with E-state index in [1.54, 1.807) is 0 Å². The SMILES string of the molecule is Nc1c(I)cccc1C(=O)C1CC=C(Br)CC1. The number of nitrogens with two attached hydrogens (primary N) is 1. The fourth-order valence-corrected chi connectivity index (χ4v) is 2.93. The van der Waals surface area contributed by atoms with Crippen molar-refractivity contribution in [3.63, 3.8) is 0 Å². The van der Waals surface area contributed by atoms with Crippen LogP contribution in [0.5, 0.6) is 0 Å². The standard InChI is InChI=1S/C13H13BrINO/c14-9-6-4-8(5-7-9)13(17)10-2-1-3-11(15)12(10)16/h1-3,6,8H,4-5,7,16H2. The molecule has 1 aliphatic rings. The van der Waals surface area contributed by atoms with Gasteiger partial charge in [0.15, 0.2) is 5.78 Å². The van der Waals surface area contributed by atoms with Crippen molar-refractivity contribution in [3.8, 4) is 0 Å². The normalized spacial score (nSPS) is 19.9. The highest BCUT2D eigenvalue weighted by Gasteiger charge is 2.23. The zero-order valence-corrected chi connectivity index (χ0v) is 13.0. The van der Waals surface area contributed by atoms with E-state index >= 15 is 0 Å². The zero-order chi connectivity index (χ0) is 12.4. The molecule has 1 aliphatic carbocycles. The average Bonchev–Trinajstić information content (AvgIpc) is 2.33. The van der Waals surface area contributed by atoms with E-state index in [-0.39, 0.29) is 11.7 Å². The smallest absolute Gasteiger partial charge is 0.168 e. The van der Waals surface area contributed by atoms with Gasteiger partial charge in [0.05, 0.1) is 5.69 Å². The summed E-state index contributed by atoms with van der Waals surface area (Å²) < 4.78 is 2.15. The van der Waals surface area contributed by atoms with Gasteiger partial charge in [-0.3, -0.25) is 4.79 Å². The minimum Gasteiger partial charge on any atom is -0.397 e. The Balaban J connectivity index is 2.23. The third-order valence-corrected chi connectivity index (χ3v) is 4.71. The first-order chi connectivity index (χ1) is 8.09. The first kappa shape index (κ1) is 13.1. The van der Waals surface area contributed by atoms with Crippen molar-refractivity contribution in [2.75, 3.05) is 5.73 Å². The van der Waals surface area contributed by atoms with Crippen molar-refractivity contribution in [1.82, 2.24) is 0 Å². The summed E-state index contributed by atoms with van der Waals surface area (Å²) in [7, 11) is 0. The lowest BCUT2D eigenvalue weighted by atomic mass is 9.87. The molecule has 1 aromatic carbocycles. The third-order valence-electron chi connectivity index (χ3n) is 3.04. The molecular weight excluding hydrogens is 393 g/mol. The lowest BCUT2D eigenvalue weighted by Crippen LogP contribution is -2.18. The van der Waals surface area contributed by atoms with Crippen LogP contribution in [0.3, 0.4) is 0 Å². The van der Waals surface area contributed by atoms with Crippen molar-refractivity contribution < 1.29 is 4.79 Å². The molecule has 0 saturated heterocycles. The van der Waals surface area contributed by atoms with Crippen LogP contribution in [0.15, 0.2) is 28.8 Å². The van der Waals surface area contributed by atoms with Crippen molar-refractivity contribution in [3.05, 3.63) is 37.9 Å². The molecule has 0 radical (unpaired) electrons. The second kappa shape index (κ2) is 5.52. The van der Waals surface area contributed by atoms with E-state index in [2.05, 4.69) is 44.6 Å². The maximum atomic E-state index is 12.4. The van der Waals surface area contributed by atoms with Gasteiger partial charge in [0, 0.05) is 15.1 Å². The highest BCUT2D eigenvalue weighted by atomic mass is 127. The van der Waals surface area contributed by atoms with Crippen LogP contribution in [0.25, 0.3) is 0 Å². The highest BCUT2D eigenvalue weighted by molar-refractivity contribution is 14.1. The molecule has 0 amide bonds. The fraction of sp³-hybridized carbons (Fsp3) is 0.308. The summed E-state index contributed by atoms with van der Waals surface area (Å²) in [5.41, 5.74) is 7.26. The number of hydrogen-bond donors (Lipinski definition) is 1. The lowest BCUT2D eigenvalue weighted by Gasteiger charge is -2.19. The number of halogens is 2. The Morgan fingerprint density at radius 3 is 2.88 bits per heavy atom. The molecule has 2 N–H and O–H groups in total. The van der Waals surface area contributed by atoms with Gasteiger partial charge in [-0.05, 0) is 58.5 Å². The average molecular weight is 406 g/mol. The lowest BCUT2D eigenvalue weighted by molar-refractivity contribution is 0.0913. The Hall–Kier alpha value is -0.360. The number of hydrogen-bond acceptors (Lipinski definition) is 2. The number of nitrogen functional groups attached to an aromatic ring is 1. The van der Waals surface area contributed by atoms with Gasteiger partial charge in [0.2, 0.25) is 0 Å². The van der Waals surface area contributed by atoms with Gasteiger partial charge in [-0.1, -0.05) is 28.1 Å². The van der Waals surface area contributed by atoms with Gasteiger partial charge in [-0.2, -0.15) is 0 Å². The van der Waals surface area contributed by atoms with Crippen LogP contribution in [-0.2, 0) is 0 Å². The topological polar surface area (TPSA) is 43.1 Å². The number of para-hydroxylation sites is 1.